The maximum Gasteiger partial charge on any atom is 0.416 e. The van der Waals surface area contributed by atoms with Crippen LogP contribution >= 0.6 is 0 Å². The van der Waals surface area contributed by atoms with Gasteiger partial charge in [-0.2, -0.15) is 18.3 Å². The summed E-state index contributed by atoms with van der Waals surface area (Å²) in [5.41, 5.74) is 1.87. The minimum absolute atomic E-state index is 0.230. The lowest BCUT2D eigenvalue weighted by atomic mass is 9.92. The molecule has 0 bridgehead atoms. The van der Waals surface area contributed by atoms with E-state index in [1.165, 1.54) is 12.1 Å². The topological polar surface area (TPSA) is 70.7 Å². The molecule has 0 N–H and O–H groups in total. The molecule has 1 aliphatic rings. The molecule has 0 fully saturated rings. The molecule has 1 atom stereocenters. The second-order valence-corrected chi connectivity index (χ2v) is 8.00. The van der Waals surface area contributed by atoms with Crippen molar-refractivity contribution in [3.8, 4) is 11.6 Å². The van der Waals surface area contributed by atoms with E-state index >= 15 is 0 Å². The SMILES string of the molecule is COc1nc(/C=C/c2nc3n(n2)CC[C@@H]3c2ccccc2C(F)(F)F)ccc1-n1cnc(C)c1. The van der Waals surface area contributed by atoms with E-state index < -0.39 is 17.7 Å². The van der Waals surface area contributed by atoms with Gasteiger partial charge in [0.25, 0.3) is 0 Å². The molecule has 0 spiro atoms. The Morgan fingerprint density at radius 2 is 1.91 bits per heavy atom. The van der Waals surface area contributed by atoms with Gasteiger partial charge in [-0.15, -0.1) is 0 Å². The standard InChI is InChI=1S/C24H21F3N6O/c1-15-13-32(14-28-15)20-9-7-16(29-23(20)34-2)8-10-21-30-22-18(11-12-33(22)31-21)17-5-3-4-6-19(17)24(25,26)27/h3-10,13-14,18H,11-12H2,1-2H3/b10-8+/t18-/m1/s1. The Balaban J connectivity index is 1.41. The van der Waals surface area contributed by atoms with Crippen molar-refractivity contribution >= 4 is 12.2 Å². The lowest BCUT2D eigenvalue weighted by molar-refractivity contribution is -0.138. The monoisotopic (exact) mass is 466 g/mol. The number of rotatable bonds is 5. The number of nitrogens with zero attached hydrogens (tertiary/aromatic N) is 6. The summed E-state index contributed by atoms with van der Waals surface area (Å²) in [5, 5.41) is 4.45. The zero-order valence-corrected chi connectivity index (χ0v) is 18.5. The normalized spacial score (nSPS) is 15.7. The Morgan fingerprint density at radius 1 is 1.09 bits per heavy atom. The van der Waals surface area contributed by atoms with E-state index in [0.29, 0.717) is 36.2 Å². The Labute approximate surface area is 193 Å². The molecule has 7 nitrogen and oxygen atoms in total. The van der Waals surface area contributed by atoms with E-state index in [0.717, 1.165) is 17.4 Å². The molecule has 3 aromatic heterocycles. The average molecular weight is 466 g/mol. The number of halogens is 3. The van der Waals surface area contributed by atoms with Gasteiger partial charge in [-0.1, -0.05) is 18.2 Å². The van der Waals surface area contributed by atoms with Gasteiger partial charge >= 0.3 is 6.18 Å². The van der Waals surface area contributed by atoms with E-state index in [9.17, 15) is 13.2 Å². The Bertz CT molecular complexity index is 1370. The average Bonchev–Trinajstić information content (AvgIpc) is 3.52. The minimum atomic E-state index is -4.42. The summed E-state index contributed by atoms with van der Waals surface area (Å²) in [5.74, 6) is 0.930. The summed E-state index contributed by atoms with van der Waals surface area (Å²) < 4.78 is 49.5. The summed E-state index contributed by atoms with van der Waals surface area (Å²) in [6.45, 7) is 2.41. The van der Waals surface area contributed by atoms with Crippen LogP contribution in [0.2, 0.25) is 0 Å². The molecule has 10 heteroatoms. The molecule has 4 aromatic rings. The molecule has 34 heavy (non-hydrogen) atoms. The van der Waals surface area contributed by atoms with Gasteiger partial charge < -0.3 is 9.30 Å². The van der Waals surface area contributed by atoms with Crippen LogP contribution in [0.5, 0.6) is 5.88 Å². The summed E-state index contributed by atoms with van der Waals surface area (Å²) in [6.07, 6.45) is 3.11. The number of aryl methyl sites for hydroxylation is 2. The van der Waals surface area contributed by atoms with Crippen LogP contribution in [0.4, 0.5) is 13.2 Å². The molecule has 1 aliphatic heterocycles. The van der Waals surface area contributed by atoms with Crippen molar-refractivity contribution in [2.45, 2.75) is 32.0 Å². The van der Waals surface area contributed by atoms with Crippen molar-refractivity contribution in [2.24, 2.45) is 0 Å². The van der Waals surface area contributed by atoms with Gasteiger partial charge in [-0.3, -0.25) is 0 Å². The van der Waals surface area contributed by atoms with Crippen molar-refractivity contribution in [1.82, 2.24) is 29.3 Å². The number of ether oxygens (including phenoxy) is 1. The first-order chi connectivity index (χ1) is 16.3. The molecular formula is C24H21F3N6O. The summed E-state index contributed by atoms with van der Waals surface area (Å²) in [6, 6.07) is 9.36. The molecule has 1 aromatic carbocycles. The summed E-state index contributed by atoms with van der Waals surface area (Å²) >= 11 is 0. The largest absolute Gasteiger partial charge is 0.479 e. The smallest absolute Gasteiger partial charge is 0.416 e. The number of benzene rings is 1. The number of pyridine rings is 1. The third-order valence-electron chi connectivity index (χ3n) is 5.75. The van der Waals surface area contributed by atoms with Gasteiger partial charge in [0.05, 0.1) is 30.4 Å². The predicted octanol–water partition coefficient (Wildman–Crippen LogP) is 4.90. The molecule has 0 saturated heterocycles. The van der Waals surface area contributed by atoms with Crippen molar-refractivity contribution in [1.29, 1.82) is 0 Å². The molecule has 0 unspecified atom stereocenters. The fourth-order valence-corrected chi connectivity index (χ4v) is 4.20. The van der Waals surface area contributed by atoms with E-state index in [4.69, 9.17) is 4.74 Å². The van der Waals surface area contributed by atoms with Crippen LogP contribution < -0.4 is 4.74 Å². The van der Waals surface area contributed by atoms with Gasteiger partial charge in [0, 0.05) is 18.7 Å². The van der Waals surface area contributed by atoms with Crippen LogP contribution in [-0.2, 0) is 12.7 Å². The molecule has 0 radical (unpaired) electrons. The van der Waals surface area contributed by atoms with Crippen molar-refractivity contribution in [3.05, 3.63) is 83.1 Å². The fraction of sp³-hybridized carbons (Fsp3) is 0.250. The third kappa shape index (κ3) is 4.07. The van der Waals surface area contributed by atoms with E-state index in [1.807, 2.05) is 29.8 Å². The first kappa shape index (κ1) is 21.9. The maximum absolute atomic E-state index is 13.5. The summed E-state index contributed by atoms with van der Waals surface area (Å²) in [4.78, 5) is 13.3. The predicted molar refractivity (Wildman–Crippen MR) is 120 cm³/mol. The number of hydrogen-bond acceptors (Lipinski definition) is 5. The molecular weight excluding hydrogens is 445 g/mol. The van der Waals surface area contributed by atoms with Gasteiger partial charge in [0.15, 0.2) is 5.82 Å². The van der Waals surface area contributed by atoms with Crippen molar-refractivity contribution < 1.29 is 17.9 Å². The van der Waals surface area contributed by atoms with Crippen LogP contribution in [0.1, 0.15) is 46.5 Å². The fourth-order valence-electron chi connectivity index (χ4n) is 4.20. The number of imidazole rings is 1. The van der Waals surface area contributed by atoms with Crippen LogP contribution in [-0.4, -0.2) is 36.4 Å². The van der Waals surface area contributed by atoms with Crippen LogP contribution in [0.15, 0.2) is 48.9 Å². The zero-order chi connectivity index (χ0) is 23.9. The third-order valence-corrected chi connectivity index (χ3v) is 5.75. The molecule has 174 valence electrons. The molecule has 5 rings (SSSR count). The number of methoxy groups -OCH3 is 1. The van der Waals surface area contributed by atoms with Crippen molar-refractivity contribution in [2.75, 3.05) is 7.11 Å². The highest BCUT2D eigenvalue weighted by atomic mass is 19.4. The van der Waals surface area contributed by atoms with E-state index in [2.05, 4.69) is 20.1 Å². The highest BCUT2D eigenvalue weighted by Crippen LogP contribution is 2.40. The second kappa shape index (κ2) is 8.44. The minimum Gasteiger partial charge on any atom is -0.479 e. The Morgan fingerprint density at radius 3 is 2.65 bits per heavy atom. The number of alkyl halides is 3. The first-order valence-electron chi connectivity index (χ1n) is 10.7. The van der Waals surface area contributed by atoms with Crippen LogP contribution in [0.3, 0.4) is 0 Å². The zero-order valence-electron chi connectivity index (χ0n) is 18.5. The van der Waals surface area contributed by atoms with Crippen molar-refractivity contribution in [3.63, 3.8) is 0 Å². The molecule has 0 aliphatic carbocycles. The maximum atomic E-state index is 13.5. The highest BCUT2D eigenvalue weighted by Gasteiger charge is 2.38. The van der Waals surface area contributed by atoms with E-state index in [-0.39, 0.29) is 5.56 Å². The number of aromatic nitrogens is 6. The number of fused-ring (bicyclic) bond motifs is 1. The van der Waals surface area contributed by atoms with Gasteiger partial charge in [0.1, 0.15) is 11.5 Å². The lowest BCUT2D eigenvalue weighted by Crippen LogP contribution is -2.12. The highest BCUT2D eigenvalue weighted by molar-refractivity contribution is 5.65. The first-order valence-corrected chi connectivity index (χ1v) is 10.7. The van der Waals surface area contributed by atoms with E-state index in [1.54, 1.807) is 36.3 Å². The Kier molecular flexibility index (Phi) is 5.43. The van der Waals surface area contributed by atoms with Crippen LogP contribution in [0.25, 0.3) is 17.8 Å². The summed E-state index contributed by atoms with van der Waals surface area (Å²) in [7, 11) is 1.55. The van der Waals surface area contributed by atoms with Crippen LogP contribution in [0, 0.1) is 6.92 Å². The Hall–Kier alpha value is -3.95. The number of hydrogen-bond donors (Lipinski definition) is 0. The molecule has 4 heterocycles. The van der Waals surface area contributed by atoms with Gasteiger partial charge in [-0.05, 0) is 49.3 Å². The molecule has 0 amide bonds. The molecule has 0 saturated carbocycles. The quantitative estimate of drug-likeness (QED) is 0.418. The second-order valence-electron chi connectivity index (χ2n) is 8.00. The van der Waals surface area contributed by atoms with Gasteiger partial charge in [0.2, 0.25) is 5.88 Å². The van der Waals surface area contributed by atoms with Gasteiger partial charge in [-0.25, -0.2) is 19.6 Å². The lowest BCUT2D eigenvalue weighted by Gasteiger charge is -2.16.